The Morgan fingerprint density at radius 1 is 1.30 bits per heavy atom. The monoisotopic (exact) mass is 301 g/mol. The summed E-state index contributed by atoms with van der Waals surface area (Å²) in [5, 5.41) is 9.98. The van der Waals surface area contributed by atoms with Crippen LogP contribution in [0.4, 0.5) is 0 Å². The maximum absolute atomic E-state index is 12.5. The van der Waals surface area contributed by atoms with Gasteiger partial charge in [-0.1, -0.05) is 0 Å². The SMILES string of the molecule is Cc1n[nH]c(C)c1S(=O)(=O)N(C)CCN1CCNCC1. The summed E-state index contributed by atoms with van der Waals surface area (Å²) < 4.78 is 26.5. The van der Waals surface area contributed by atoms with Crippen molar-refractivity contribution in [2.75, 3.05) is 46.3 Å². The van der Waals surface area contributed by atoms with Gasteiger partial charge in [-0.2, -0.15) is 9.40 Å². The van der Waals surface area contributed by atoms with Gasteiger partial charge in [-0.05, 0) is 13.8 Å². The molecule has 0 spiro atoms. The molecule has 0 aliphatic carbocycles. The lowest BCUT2D eigenvalue weighted by molar-refractivity contribution is 0.229. The van der Waals surface area contributed by atoms with Crippen LogP contribution in [0.15, 0.2) is 4.90 Å². The Morgan fingerprint density at radius 2 is 1.95 bits per heavy atom. The quantitative estimate of drug-likeness (QED) is 0.770. The number of nitrogens with zero attached hydrogens (tertiary/aromatic N) is 3. The minimum absolute atomic E-state index is 0.306. The molecule has 1 saturated heterocycles. The summed E-state index contributed by atoms with van der Waals surface area (Å²) in [5.74, 6) is 0. The van der Waals surface area contributed by atoms with Crippen molar-refractivity contribution in [1.82, 2.24) is 24.7 Å². The van der Waals surface area contributed by atoms with E-state index in [-0.39, 0.29) is 0 Å². The zero-order chi connectivity index (χ0) is 14.8. The lowest BCUT2D eigenvalue weighted by atomic mass is 10.3. The van der Waals surface area contributed by atoms with Gasteiger partial charge in [0.1, 0.15) is 4.90 Å². The van der Waals surface area contributed by atoms with E-state index in [1.54, 1.807) is 20.9 Å². The fourth-order valence-electron chi connectivity index (χ4n) is 2.41. The van der Waals surface area contributed by atoms with Crippen molar-refractivity contribution in [3.05, 3.63) is 11.4 Å². The van der Waals surface area contributed by atoms with Crippen molar-refractivity contribution in [3.8, 4) is 0 Å². The standard InChI is InChI=1S/C12H23N5O2S/c1-10-12(11(2)15-14-10)20(18,19)16(3)8-9-17-6-4-13-5-7-17/h13H,4-9H2,1-3H3,(H,14,15). The molecule has 0 bridgehead atoms. The van der Waals surface area contributed by atoms with Crippen LogP contribution in [0.1, 0.15) is 11.4 Å². The van der Waals surface area contributed by atoms with Gasteiger partial charge in [-0.15, -0.1) is 0 Å². The summed E-state index contributed by atoms with van der Waals surface area (Å²) in [6.07, 6.45) is 0. The fraction of sp³-hybridized carbons (Fsp3) is 0.750. The maximum Gasteiger partial charge on any atom is 0.246 e. The molecule has 1 fully saturated rings. The van der Waals surface area contributed by atoms with Gasteiger partial charge < -0.3 is 5.32 Å². The molecule has 2 heterocycles. The van der Waals surface area contributed by atoms with Gasteiger partial charge in [0.05, 0.1) is 11.4 Å². The first-order valence-corrected chi connectivity index (χ1v) is 8.28. The Hall–Kier alpha value is -0.960. The molecule has 1 aromatic heterocycles. The Labute approximate surface area is 120 Å². The zero-order valence-electron chi connectivity index (χ0n) is 12.3. The molecule has 0 amide bonds. The van der Waals surface area contributed by atoms with E-state index in [1.807, 2.05) is 0 Å². The molecule has 20 heavy (non-hydrogen) atoms. The smallest absolute Gasteiger partial charge is 0.246 e. The molecule has 8 heteroatoms. The van der Waals surface area contributed by atoms with Crippen LogP contribution in [0.5, 0.6) is 0 Å². The molecule has 114 valence electrons. The van der Waals surface area contributed by atoms with Crippen LogP contribution in [0, 0.1) is 13.8 Å². The van der Waals surface area contributed by atoms with Crippen molar-refractivity contribution in [2.24, 2.45) is 0 Å². The number of likely N-dealkylation sites (N-methyl/N-ethyl adjacent to an activating group) is 1. The number of hydrogen-bond acceptors (Lipinski definition) is 5. The number of aromatic amines is 1. The van der Waals surface area contributed by atoms with Gasteiger partial charge in [0, 0.05) is 46.3 Å². The molecule has 0 aromatic carbocycles. The molecule has 0 radical (unpaired) electrons. The first-order valence-electron chi connectivity index (χ1n) is 6.84. The lowest BCUT2D eigenvalue weighted by Crippen LogP contribution is -2.46. The van der Waals surface area contributed by atoms with Crippen molar-refractivity contribution >= 4 is 10.0 Å². The number of hydrogen-bond donors (Lipinski definition) is 2. The van der Waals surface area contributed by atoms with Gasteiger partial charge >= 0.3 is 0 Å². The molecule has 2 rings (SSSR count). The minimum Gasteiger partial charge on any atom is -0.314 e. The highest BCUT2D eigenvalue weighted by Gasteiger charge is 2.27. The molecular weight excluding hydrogens is 278 g/mol. The number of H-pyrrole nitrogens is 1. The zero-order valence-corrected chi connectivity index (χ0v) is 13.1. The van der Waals surface area contributed by atoms with E-state index in [0.717, 1.165) is 32.7 Å². The second-order valence-corrected chi connectivity index (χ2v) is 7.16. The minimum atomic E-state index is -3.46. The summed E-state index contributed by atoms with van der Waals surface area (Å²) in [6, 6.07) is 0. The third kappa shape index (κ3) is 3.20. The molecular formula is C12H23N5O2S. The van der Waals surface area contributed by atoms with Crippen LogP contribution >= 0.6 is 0 Å². The van der Waals surface area contributed by atoms with Gasteiger partial charge in [0.15, 0.2) is 0 Å². The van der Waals surface area contributed by atoms with Crippen LogP contribution in [0.3, 0.4) is 0 Å². The van der Waals surface area contributed by atoms with Crippen molar-refractivity contribution in [2.45, 2.75) is 18.7 Å². The normalized spacial score (nSPS) is 17.8. The van der Waals surface area contributed by atoms with E-state index in [9.17, 15) is 8.42 Å². The average Bonchev–Trinajstić information content (AvgIpc) is 2.77. The van der Waals surface area contributed by atoms with Crippen LogP contribution in [-0.2, 0) is 10.0 Å². The number of rotatable bonds is 5. The Morgan fingerprint density at radius 3 is 2.50 bits per heavy atom. The lowest BCUT2D eigenvalue weighted by Gasteiger charge is -2.28. The van der Waals surface area contributed by atoms with Crippen molar-refractivity contribution in [3.63, 3.8) is 0 Å². The van der Waals surface area contributed by atoms with Crippen LogP contribution < -0.4 is 5.32 Å². The van der Waals surface area contributed by atoms with E-state index >= 15 is 0 Å². The van der Waals surface area contributed by atoms with Crippen LogP contribution in [-0.4, -0.2) is 74.1 Å². The third-order valence-corrected chi connectivity index (χ3v) is 5.79. The number of aromatic nitrogens is 2. The number of nitrogens with one attached hydrogen (secondary N) is 2. The second-order valence-electron chi connectivity index (χ2n) is 5.18. The van der Waals surface area contributed by atoms with E-state index in [0.29, 0.717) is 22.8 Å². The summed E-state index contributed by atoms with van der Waals surface area (Å²) in [5.41, 5.74) is 1.12. The predicted octanol–water partition coefficient (Wildman–Crippen LogP) is -0.448. The van der Waals surface area contributed by atoms with Gasteiger partial charge in [-0.3, -0.25) is 10.00 Å². The Balaban J connectivity index is 2.02. The van der Waals surface area contributed by atoms with E-state index in [1.165, 1.54) is 4.31 Å². The third-order valence-electron chi connectivity index (χ3n) is 3.67. The summed E-state index contributed by atoms with van der Waals surface area (Å²) in [6.45, 7) is 8.57. The highest BCUT2D eigenvalue weighted by Crippen LogP contribution is 2.20. The molecule has 0 atom stereocenters. The first-order chi connectivity index (χ1) is 9.43. The van der Waals surface area contributed by atoms with Gasteiger partial charge in [-0.25, -0.2) is 8.42 Å². The molecule has 0 saturated carbocycles. The van der Waals surface area contributed by atoms with Gasteiger partial charge in [0.2, 0.25) is 10.0 Å². The molecule has 1 aromatic rings. The molecule has 1 aliphatic rings. The Bertz CT molecular complexity index is 529. The Kier molecular flexibility index (Phi) is 4.79. The topological polar surface area (TPSA) is 81.3 Å². The second kappa shape index (κ2) is 6.21. The molecule has 2 N–H and O–H groups in total. The van der Waals surface area contributed by atoms with Crippen molar-refractivity contribution in [1.29, 1.82) is 0 Å². The van der Waals surface area contributed by atoms with E-state index in [4.69, 9.17) is 0 Å². The fourth-order valence-corrected chi connectivity index (χ4v) is 3.90. The average molecular weight is 301 g/mol. The van der Waals surface area contributed by atoms with Crippen LogP contribution in [0.2, 0.25) is 0 Å². The molecule has 7 nitrogen and oxygen atoms in total. The van der Waals surface area contributed by atoms with Crippen LogP contribution in [0.25, 0.3) is 0 Å². The largest absolute Gasteiger partial charge is 0.314 e. The highest BCUT2D eigenvalue weighted by molar-refractivity contribution is 7.89. The summed E-state index contributed by atoms with van der Waals surface area (Å²) in [4.78, 5) is 2.58. The summed E-state index contributed by atoms with van der Waals surface area (Å²) >= 11 is 0. The predicted molar refractivity (Wildman–Crippen MR) is 77.2 cm³/mol. The molecule has 1 aliphatic heterocycles. The first kappa shape index (κ1) is 15.4. The van der Waals surface area contributed by atoms with E-state index in [2.05, 4.69) is 20.4 Å². The maximum atomic E-state index is 12.5. The summed E-state index contributed by atoms with van der Waals surface area (Å²) in [7, 11) is -1.83. The number of piperazine rings is 1. The van der Waals surface area contributed by atoms with E-state index < -0.39 is 10.0 Å². The number of aryl methyl sites for hydroxylation is 2. The van der Waals surface area contributed by atoms with Crippen molar-refractivity contribution < 1.29 is 8.42 Å². The highest BCUT2D eigenvalue weighted by atomic mass is 32.2. The molecule has 0 unspecified atom stereocenters. The number of sulfonamides is 1. The van der Waals surface area contributed by atoms with Gasteiger partial charge in [0.25, 0.3) is 0 Å².